The maximum absolute atomic E-state index is 13.4. The Kier molecular flexibility index (Phi) is 11.2. The largest absolute Gasteiger partial charge is 1.00 e. The van der Waals surface area contributed by atoms with Gasteiger partial charge in [-0.2, -0.15) is 35.1 Å². The fourth-order valence-electron chi connectivity index (χ4n) is 1.77. The van der Waals surface area contributed by atoms with Crippen molar-refractivity contribution >= 4 is 10.1 Å². The average molecular weight is 546 g/mol. The van der Waals surface area contributed by atoms with E-state index in [1.807, 2.05) is 0 Å². The minimum atomic E-state index is -8.02. The molecule has 0 fully saturated rings. The second-order valence-electron chi connectivity index (χ2n) is 5.72. The quantitative estimate of drug-likeness (QED) is 0.224. The Labute approximate surface area is 189 Å². The van der Waals surface area contributed by atoms with Gasteiger partial charge in [0, 0.05) is 0 Å². The van der Waals surface area contributed by atoms with Crippen molar-refractivity contribution in [3.63, 3.8) is 0 Å². The molecule has 0 rings (SSSR count). The van der Waals surface area contributed by atoms with E-state index in [1.54, 1.807) is 0 Å². The van der Waals surface area contributed by atoms with Crippen LogP contribution in [0.2, 0.25) is 0 Å². The zero-order valence-electron chi connectivity index (χ0n) is 14.7. The standard InChI is InChI=1S/C11H8F16O3S.Na/c12-1(2(13)4(15)6(17)18)3(14)5(16)8(20,21)10(24,25)11(26,27)9(22,23)7(19)31(28,29)30;/h1-7H,(H,28,29,30);/q;+1/p-1. The first kappa shape index (κ1) is 34.0. The summed E-state index contributed by atoms with van der Waals surface area (Å²) < 4.78 is 238. The van der Waals surface area contributed by atoms with E-state index in [-0.39, 0.29) is 29.6 Å². The van der Waals surface area contributed by atoms with Crippen molar-refractivity contribution in [1.82, 2.24) is 0 Å². The molecule has 0 N–H and O–H groups in total. The molecular formula is C11H7F16NaO3S. The monoisotopic (exact) mass is 546 g/mol. The Morgan fingerprint density at radius 2 is 0.875 bits per heavy atom. The molecule has 0 saturated heterocycles. The number of hydrogen-bond donors (Lipinski definition) is 0. The zero-order chi connectivity index (χ0) is 25.5. The van der Waals surface area contributed by atoms with Gasteiger partial charge in [0.15, 0.2) is 24.7 Å². The second kappa shape index (κ2) is 10.6. The molecule has 0 aliphatic heterocycles. The Balaban J connectivity index is 0. The third kappa shape index (κ3) is 5.88. The van der Waals surface area contributed by atoms with E-state index < -0.39 is 76.6 Å². The van der Waals surface area contributed by atoms with Crippen LogP contribution in [0.4, 0.5) is 70.2 Å². The van der Waals surface area contributed by atoms with Gasteiger partial charge in [-0.05, 0) is 0 Å². The van der Waals surface area contributed by atoms with Crippen LogP contribution in [0.5, 0.6) is 0 Å². The summed E-state index contributed by atoms with van der Waals surface area (Å²) in [6.45, 7) is 0. The molecule has 32 heavy (non-hydrogen) atoms. The number of rotatable bonds is 11. The topological polar surface area (TPSA) is 57.2 Å². The van der Waals surface area contributed by atoms with E-state index in [4.69, 9.17) is 0 Å². The SMILES string of the molecule is O=S(=O)([O-])C(F)C(F)(F)C(F)(F)C(F)(F)C(F)(F)C(F)C(F)C(F)C(F)C(F)C(F)F.[Na+]. The van der Waals surface area contributed by atoms with Crippen molar-refractivity contribution in [3.8, 4) is 0 Å². The fourth-order valence-corrected chi connectivity index (χ4v) is 2.28. The summed E-state index contributed by atoms with van der Waals surface area (Å²) in [4.78, 5) is 0. The van der Waals surface area contributed by atoms with E-state index in [0.29, 0.717) is 0 Å². The molecule has 6 atom stereocenters. The van der Waals surface area contributed by atoms with Crippen molar-refractivity contribution in [1.29, 1.82) is 0 Å². The van der Waals surface area contributed by atoms with E-state index >= 15 is 0 Å². The van der Waals surface area contributed by atoms with Crippen LogP contribution in [0, 0.1) is 0 Å². The zero-order valence-corrected chi connectivity index (χ0v) is 17.5. The van der Waals surface area contributed by atoms with Gasteiger partial charge in [-0.1, -0.05) is 0 Å². The van der Waals surface area contributed by atoms with Crippen molar-refractivity contribution in [2.45, 2.75) is 66.5 Å². The van der Waals surface area contributed by atoms with Crippen LogP contribution in [0.1, 0.15) is 0 Å². The van der Waals surface area contributed by atoms with Gasteiger partial charge < -0.3 is 4.55 Å². The van der Waals surface area contributed by atoms with E-state index in [1.165, 1.54) is 0 Å². The van der Waals surface area contributed by atoms with Crippen LogP contribution in [0.25, 0.3) is 0 Å². The van der Waals surface area contributed by atoms with E-state index in [0.717, 1.165) is 0 Å². The fraction of sp³-hybridized carbons (Fsp3) is 1.00. The number of hydrogen-bond acceptors (Lipinski definition) is 3. The Bertz CT molecular complexity index is 718. The van der Waals surface area contributed by atoms with Gasteiger partial charge >= 0.3 is 53.2 Å². The van der Waals surface area contributed by atoms with Crippen LogP contribution in [0.15, 0.2) is 0 Å². The molecule has 6 unspecified atom stereocenters. The summed E-state index contributed by atoms with van der Waals surface area (Å²) in [6.07, 6.45) is -29.2. The summed E-state index contributed by atoms with van der Waals surface area (Å²) >= 11 is 0. The van der Waals surface area contributed by atoms with Gasteiger partial charge in [0.05, 0.1) is 0 Å². The van der Waals surface area contributed by atoms with Crippen LogP contribution in [-0.2, 0) is 10.1 Å². The van der Waals surface area contributed by atoms with E-state index in [9.17, 15) is 83.2 Å². The normalized spacial score (nSPS) is 20.2. The van der Waals surface area contributed by atoms with Crippen molar-refractivity contribution in [3.05, 3.63) is 0 Å². The molecule has 21 heteroatoms. The van der Waals surface area contributed by atoms with Gasteiger partial charge in [-0.3, -0.25) is 0 Å². The van der Waals surface area contributed by atoms with Crippen LogP contribution < -0.4 is 29.6 Å². The van der Waals surface area contributed by atoms with Crippen LogP contribution in [0.3, 0.4) is 0 Å². The Morgan fingerprint density at radius 1 is 0.562 bits per heavy atom. The summed E-state index contributed by atoms with van der Waals surface area (Å²) in [5, 5.41) is 0. The van der Waals surface area contributed by atoms with Crippen LogP contribution in [-0.4, -0.2) is 79.4 Å². The van der Waals surface area contributed by atoms with Gasteiger partial charge in [0.1, 0.15) is 10.1 Å². The summed E-state index contributed by atoms with van der Waals surface area (Å²) in [6, 6.07) is 0. The van der Waals surface area contributed by atoms with Gasteiger partial charge in [-0.15, -0.1) is 0 Å². The van der Waals surface area contributed by atoms with Gasteiger partial charge in [0.2, 0.25) is 6.17 Å². The number of halogens is 16. The first-order chi connectivity index (χ1) is 13.4. The predicted molar refractivity (Wildman–Crippen MR) is 64.9 cm³/mol. The first-order valence-electron chi connectivity index (χ1n) is 6.99. The van der Waals surface area contributed by atoms with E-state index in [2.05, 4.69) is 0 Å². The summed E-state index contributed by atoms with van der Waals surface area (Å²) in [5.74, 6) is -31.1. The molecule has 0 aliphatic rings. The third-order valence-corrected chi connectivity index (χ3v) is 4.35. The molecule has 0 radical (unpaired) electrons. The first-order valence-corrected chi connectivity index (χ1v) is 8.46. The molecule has 0 heterocycles. The summed E-state index contributed by atoms with van der Waals surface area (Å²) in [5.41, 5.74) is -5.83. The molecule has 0 amide bonds. The van der Waals surface area contributed by atoms with Crippen molar-refractivity contribution in [2.24, 2.45) is 0 Å². The van der Waals surface area contributed by atoms with Gasteiger partial charge in [-0.25, -0.2) is 43.5 Å². The Hall–Kier alpha value is -0.210. The van der Waals surface area contributed by atoms with Gasteiger partial charge in [0.25, 0.3) is 11.9 Å². The predicted octanol–water partition coefficient (Wildman–Crippen LogP) is 1.33. The molecule has 0 spiro atoms. The van der Waals surface area contributed by atoms with Crippen molar-refractivity contribution < 1.29 is 113 Å². The molecule has 0 aliphatic carbocycles. The smallest absolute Gasteiger partial charge is 0.746 e. The number of alkyl halides is 16. The maximum Gasteiger partial charge on any atom is 1.00 e. The minimum absolute atomic E-state index is 0. The van der Waals surface area contributed by atoms with Crippen molar-refractivity contribution in [2.75, 3.05) is 0 Å². The molecule has 0 aromatic rings. The average Bonchev–Trinajstić information content (AvgIpc) is 2.62. The molecule has 0 saturated carbocycles. The van der Waals surface area contributed by atoms with Crippen LogP contribution >= 0.6 is 0 Å². The minimum Gasteiger partial charge on any atom is -0.746 e. The molecule has 0 aromatic carbocycles. The third-order valence-electron chi connectivity index (χ3n) is 3.55. The molecule has 0 bridgehead atoms. The molecular weight excluding hydrogens is 539 g/mol. The second-order valence-corrected chi connectivity index (χ2v) is 7.12. The Morgan fingerprint density at radius 3 is 1.19 bits per heavy atom. The molecule has 188 valence electrons. The molecule has 3 nitrogen and oxygen atoms in total. The molecule has 0 aromatic heterocycles. The maximum atomic E-state index is 13.4. The summed E-state index contributed by atoms with van der Waals surface area (Å²) in [7, 11) is -7.24.